The molecule has 2 aliphatic rings. The quantitative estimate of drug-likeness (QED) is 0.627. The van der Waals surface area contributed by atoms with Crippen LogP contribution in [0.2, 0.25) is 0 Å². The molecule has 6 heteroatoms. The zero-order valence-electron chi connectivity index (χ0n) is 20.2. The number of imide groups is 1. The first kappa shape index (κ1) is 22.9. The lowest BCUT2D eigenvalue weighted by molar-refractivity contribution is -0.139. The lowest BCUT2D eigenvalue weighted by atomic mass is 10.0. The predicted molar refractivity (Wildman–Crippen MR) is 131 cm³/mol. The largest absolute Gasteiger partial charge is 0.494 e. The second-order valence-corrected chi connectivity index (χ2v) is 8.95. The van der Waals surface area contributed by atoms with Crippen molar-refractivity contribution in [2.75, 3.05) is 37.7 Å². The molecule has 0 atom stereocenters. The first-order chi connectivity index (χ1) is 15.8. The fourth-order valence-electron chi connectivity index (χ4n) is 4.69. The fourth-order valence-corrected chi connectivity index (χ4v) is 4.69. The van der Waals surface area contributed by atoms with Crippen LogP contribution in [0.4, 0.5) is 5.69 Å². The molecule has 33 heavy (non-hydrogen) atoms. The van der Waals surface area contributed by atoms with Crippen LogP contribution in [-0.4, -0.2) is 60.4 Å². The van der Waals surface area contributed by atoms with Gasteiger partial charge in [0.15, 0.2) is 0 Å². The number of carbonyl (C=O) groups is 2. The maximum atomic E-state index is 13.4. The van der Waals surface area contributed by atoms with E-state index in [2.05, 4.69) is 41.8 Å². The van der Waals surface area contributed by atoms with Crippen molar-refractivity contribution < 1.29 is 14.3 Å². The molecule has 2 aliphatic heterocycles. The standard InChI is InChI=1S/C27H33N3O3/c1-6-33-22-12-10-21(11-13-22)24-25(27(32)30(18(2)3)26(24)31)29-16-14-28(15-17-29)23-9-7-8-19(4)20(23)5/h7-13,18H,6,14-17H2,1-5H3. The number of benzene rings is 2. The van der Waals surface area contributed by atoms with Gasteiger partial charge < -0.3 is 14.5 Å². The molecule has 174 valence electrons. The highest BCUT2D eigenvalue weighted by atomic mass is 16.5. The Balaban J connectivity index is 1.64. The topological polar surface area (TPSA) is 53.1 Å². The number of hydrogen-bond donors (Lipinski definition) is 0. The van der Waals surface area contributed by atoms with Gasteiger partial charge in [0.1, 0.15) is 11.4 Å². The van der Waals surface area contributed by atoms with Gasteiger partial charge in [-0.05, 0) is 69.5 Å². The molecule has 1 saturated heterocycles. The molecular formula is C27H33N3O3. The second-order valence-electron chi connectivity index (χ2n) is 8.95. The van der Waals surface area contributed by atoms with Crippen LogP contribution in [0.3, 0.4) is 0 Å². The lowest BCUT2D eigenvalue weighted by Crippen LogP contribution is -2.48. The summed E-state index contributed by atoms with van der Waals surface area (Å²) in [5, 5.41) is 0. The minimum atomic E-state index is -0.217. The molecule has 2 aromatic carbocycles. The van der Waals surface area contributed by atoms with Gasteiger partial charge in [-0.25, -0.2) is 0 Å². The van der Waals surface area contributed by atoms with Crippen LogP contribution in [0.5, 0.6) is 5.75 Å². The Morgan fingerprint density at radius 1 is 0.879 bits per heavy atom. The van der Waals surface area contributed by atoms with Crippen LogP contribution >= 0.6 is 0 Å². The average molecular weight is 448 g/mol. The van der Waals surface area contributed by atoms with E-state index in [0.717, 1.165) is 24.4 Å². The van der Waals surface area contributed by atoms with Gasteiger partial charge in [-0.3, -0.25) is 14.5 Å². The van der Waals surface area contributed by atoms with Gasteiger partial charge in [-0.1, -0.05) is 24.3 Å². The summed E-state index contributed by atoms with van der Waals surface area (Å²) < 4.78 is 5.55. The van der Waals surface area contributed by atoms with Crippen LogP contribution in [0.1, 0.15) is 37.5 Å². The summed E-state index contributed by atoms with van der Waals surface area (Å²) in [4.78, 5) is 32.6. The van der Waals surface area contributed by atoms with Gasteiger partial charge in [0.2, 0.25) is 0 Å². The molecule has 0 unspecified atom stereocenters. The molecule has 0 bridgehead atoms. The first-order valence-corrected chi connectivity index (χ1v) is 11.7. The number of hydrogen-bond acceptors (Lipinski definition) is 5. The van der Waals surface area contributed by atoms with Crippen LogP contribution < -0.4 is 9.64 Å². The third-order valence-corrected chi connectivity index (χ3v) is 6.57. The Bertz CT molecular complexity index is 1080. The zero-order valence-corrected chi connectivity index (χ0v) is 20.2. The number of rotatable bonds is 6. The number of ether oxygens (including phenoxy) is 1. The maximum absolute atomic E-state index is 13.4. The smallest absolute Gasteiger partial charge is 0.278 e. The van der Waals surface area contributed by atoms with Crippen molar-refractivity contribution >= 4 is 23.1 Å². The minimum absolute atomic E-state index is 0.195. The summed E-state index contributed by atoms with van der Waals surface area (Å²) in [7, 11) is 0. The highest BCUT2D eigenvalue weighted by molar-refractivity contribution is 6.35. The number of carbonyl (C=O) groups excluding carboxylic acids is 2. The summed E-state index contributed by atoms with van der Waals surface area (Å²) in [5.41, 5.74) is 5.59. The fraction of sp³-hybridized carbons (Fsp3) is 0.407. The molecule has 2 amide bonds. The Morgan fingerprint density at radius 3 is 2.12 bits per heavy atom. The Kier molecular flexibility index (Phi) is 6.45. The van der Waals surface area contributed by atoms with Gasteiger partial charge in [-0.2, -0.15) is 0 Å². The lowest BCUT2D eigenvalue weighted by Gasteiger charge is -2.38. The normalized spacial score (nSPS) is 17.0. The second kappa shape index (κ2) is 9.30. The molecule has 0 aliphatic carbocycles. The molecule has 1 fully saturated rings. The summed E-state index contributed by atoms with van der Waals surface area (Å²) in [6, 6.07) is 13.7. The Hall–Kier alpha value is -3.28. The van der Waals surface area contributed by atoms with Crippen LogP contribution in [0, 0.1) is 13.8 Å². The van der Waals surface area contributed by atoms with E-state index in [1.54, 1.807) is 0 Å². The van der Waals surface area contributed by atoms with E-state index in [4.69, 9.17) is 4.74 Å². The number of piperazine rings is 1. The molecule has 6 nitrogen and oxygen atoms in total. The van der Waals surface area contributed by atoms with Gasteiger partial charge in [0, 0.05) is 37.9 Å². The summed E-state index contributed by atoms with van der Waals surface area (Å²) >= 11 is 0. The zero-order chi connectivity index (χ0) is 23.7. The maximum Gasteiger partial charge on any atom is 0.278 e. The van der Waals surface area contributed by atoms with Gasteiger partial charge in [0.25, 0.3) is 11.8 Å². The van der Waals surface area contributed by atoms with E-state index < -0.39 is 0 Å². The molecule has 2 heterocycles. The third-order valence-electron chi connectivity index (χ3n) is 6.57. The van der Waals surface area contributed by atoms with Crippen molar-refractivity contribution in [3.63, 3.8) is 0 Å². The van der Waals surface area contributed by atoms with E-state index in [-0.39, 0.29) is 17.9 Å². The molecule has 0 N–H and O–H groups in total. The minimum Gasteiger partial charge on any atom is -0.494 e. The van der Waals surface area contributed by atoms with E-state index in [1.807, 2.05) is 45.0 Å². The monoisotopic (exact) mass is 447 g/mol. The molecule has 0 radical (unpaired) electrons. The van der Waals surface area contributed by atoms with Crippen molar-refractivity contribution in [2.24, 2.45) is 0 Å². The summed E-state index contributed by atoms with van der Waals surface area (Å²) in [6.45, 7) is 13.5. The van der Waals surface area contributed by atoms with E-state index in [1.165, 1.54) is 21.7 Å². The Labute approximate surface area is 196 Å². The molecule has 0 aromatic heterocycles. The van der Waals surface area contributed by atoms with Crippen molar-refractivity contribution in [1.82, 2.24) is 9.80 Å². The molecule has 4 rings (SSSR count). The number of nitrogens with zero attached hydrogens (tertiary/aromatic N) is 3. The van der Waals surface area contributed by atoms with Crippen LogP contribution in [0.25, 0.3) is 5.57 Å². The predicted octanol–water partition coefficient (Wildman–Crippen LogP) is 4.01. The first-order valence-electron chi connectivity index (χ1n) is 11.7. The highest BCUT2D eigenvalue weighted by Gasteiger charge is 2.43. The third kappa shape index (κ3) is 4.22. The van der Waals surface area contributed by atoms with Crippen molar-refractivity contribution in [3.05, 3.63) is 64.9 Å². The van der Waals surface area contributed by atoms with Crippen LogP contribution in [-0.2, 0) is 9.59 Å². The van der Waals surface area contributed by atoms with E-state index in [9.17, 15) is 9.59 Å². The molecule has 0 spiro atoms. The van der Waals surface area contributed by atoms with Gasteiger partial charge in [-0.15, -0.1) is 0 Å². The van der Waals surface area contributed by atoms with Crippen molar-refractivity contribution in [1.29, 1.82) is 0 Å². The van der Waals surface area contributed by atoms with Gasteiger partial charge >= 0.3 is 0 Å². The highest BCUT2D eigenvalue weighted by Crippen LogP contribution is 2.34. The molecular weight excluding hydrogens is 414 g/mol. The summed E-state index contributed by atoms with van der Waals surface area (Å²) in [5.74, 6) is 0.341. The van der Waals surface area contributed by atoms with Crippen molar-refractivity contribution in [3.8, 4) is 5.75 Å². The number of anilines is 1. The summed E-state index contributed by atoms with van der Waals surface area (Å²) in [6.07, 6.45) is 0. The van der Waals surface area contributed by atoms with E-state index in [0.29, 0.717) is 31.0 Å². The van der Waals surface area contributed by atoms with Crippen LogP contribution in [0.15, 0.2) is 48.2 Å². The average Bonchev–Trinajstić information content (AvgIpc) is 3.06. The SMILES string of the molecule is CCOc1ccc(C2=C(N3CCN(c4cccc(C)c4C)CC3)C(=O)N(C(C)C)C2=O)cc1. The number of amides is 2. The van der Waals surface area contributed by atoms with Gasteiger partial charge in [0.05, 0.1) is 12.2 Å². The molecule has 0 saturated carbocycles. The Morgan fingerprint density at radius 2 is 1.52 bits per heavy atom. The number of aryl methyl sites for hydroxylation is 1. The molecule has 2 aromatic rings. The van der Waals surface area contributed by atoms with Crippen molar-refractivity contribution in [2.45, 2.75) is 40.7 Å². The van der Waals surface area contributed by atoms with E-state index >= 15 is 0 Å².